The third-order valence-electron chi connectivity index (χ3n) is 2.73. The third kappa shape index (κ3) is 4.66. The fourth-order valence-electron chi connectivity index (χ4n) is 1.51. The van der Waals surface area contributed by atoms with E-state index in [-0.39, 0.29) is 18.4 Å². The van der Waals surface area contributed by atoms with E-state index in [4.69, 9.17) is 10.8 Å². The number of hydrogen-bond donors (Lipinski definition) is 3. The van der Waals surface area contributed by atoms with Gasteiger partial charge in [0.05, 0.1) is 0 Å². The van der Waals surface area contributed by atoms with Gasteiger partial charge in [0.25, 0.3) is 5.91 Å². The van der Waals surface area contributed by atoms with E-state index >= 15 is 0 Å². The van der Waals surface area contributed by atoms with Gasteiger partial charge < -0.3 is 16.2 Å². The number of nitrogen functional groups attached to an aromatic ring is 1. The number of carbonyl (C=O) groups excluding carboxylic acids is 1. The van der Waals surface area contributed by atoms with Gasteiger partial charge in [-0.15, -0.1) is 0 Å². The molecule has 0 radical (unpaired) electrons. The summed E-state index contributed by atoms with van der Waals surface area (Å²) >= 11 is 3.29. The highest BCUT2D eigenvalue weighted by molar-refractivity contribution is 9.10. The van der Waals surface area contributed by atoms with Gasteiger partial charge in [0.1, 0.15) is 0 Å². The first-order chi connectivity index (χ1) is 8.54. The monoisotopic (exact) mass is 314 g/mol. The van der Waals surface area contributed by atoms with E-state index in [9.17, 15) is 4.79 Å². The van der Waals surface area contributed by atoms with Gasteiger partial charge in [-0.3, -0.25) is 4.79 Å². The Kier molecular flexibility index (Phi) is 6.15. The first-order valence-electron chi connectivity index (χ1n) is 5.98. The molecule has 100 valence electrons. The molecule has 1 unspecified atom stereocenters. The summed E-state index contributed by atoms with van der Waals surface area (Å²) in [6.07, 6.45) is 1.77. The van der Waals surface area contributed by atoms with Crippen molar-refractivity contribution < 1.29 is 9.90 Å². The molecule has 0 aliphatic carbocycles. The molecule has 0 aromatic heterocycles. The van der Waals surface area contributed by atoms with Crippen LogP contribution in [0, 0.1) is 5.92 Å². The molecule has 0 heterocycles. The van der Waals surface area contributed by atoms with E-state index in [2.05, 4.69) is 21.2 Å². The molecule has 0 fully saturated rings. The Labute approximate surface area is 116 Å². The lowest BCUT2D eigenvalue weighted by Gasteiger charge is -2.09. The van der Waals surface area contributed by atoms with E-state index in [1.807, 2.05) is 6.92 Å². The zero-order valence-corrected chi connectivity index (χ0v) is 12.0. The Morgan fingerprint density at radius 1 is 1.56 bits per heavy atom. The molecule has 0 aliphatic heterocycles. The SMILES string of the molecule is CC(CO)CCCNC(=O)c1ccc(N)c(Br)c1. The number of amides is 1. The van der Waals surface area contributed by atoms with E-state index < -0.39 is 0 Å². The Morgan fingerprint density at radius 3 is 2.89 bits per heavy atom. The van der Waals surface area contributed by atoms with Crippen LogP contribution >= 0.6 is 15.9 Å². The van der Waals surface area contributed by atoms with Gasteiger partial charge in [-0.1, -0.05) is 6.92 Å². The predicted molar refractivity (Wildman–Crippen MR) is 76.4 cm³/mol. The molecule has 1 atom stereocenters. The van der Waals surface area contributed by atoms with Gasteiger partial charge in [0.2, 0.25) is 0 Å². The van der Waals surface area contributed by atoms with Crippen LogP contribution in [0.15, 0.2) is 22.7 Å². The molecule has 1 aromatic carbocycles. The number of halogens is 1. The fourth-order valence-corrected chi connectivity index (χ4v) is 1.89. The molecule has 0 aliphatic rings. The van der Waals surface area contributed by atoms with Crippen molar-refractivity contribution in [3.63, 3.8) is 0 Å². The van der Waals surface area contributed by atoms with Gasteiger partial charge in [-0.2, -0.15) is 0 Å². The van der Waals surface area contributed by atoms with Crippen LogP contribution in [0.5, 0.6) is 0 Å². The van der Waals surface area contributed by atoms with Crippen molar-refractivity contribution >= 4 is 27.5 Å². The van der Waals surface area contributed by atoms with Crippen LogP contribution in [0.4, 0.5) is 5.69 Å². The molecule has 1 aromatic rings. The second-order valence-corrected chi connectivity index (χ2v) is 5.28. The molecule has 4 nitrogen and oxygen atoms in total. The van der Waals surface area contributed by atoms with Gasteiger partial charge in [-0.05, 0) is 52.9 Å². The Bertz CT molecular complexity index is 410. The average Bonchev–Trinajstić information content (AvgIpc) is 2.37. The lowest BCUT2D eigenvalue weighted by Crippen LogP contribution is -2.24. The number of carbonyl (C=O) groups is 1. The number of nitrogens with one attached hydrogen (secondary N) is 1. The zero-order chi connectivity index (χ0) is 13.5. The molecule has 0 saturated carbocycles. The molecule has 4 N–H and O–H groups in total. The van der Waals surface area contributed by atoms with Crippen molar-refractivity contribution in [3.8, 4) is 0 Å². The van der Waals surface area contributed by atoms with Crippen LogP contribution < -0.4 is 11.1 Å². The van der Waals surface area contributed by atoms with E-state index in [1.54, 1.807) is 18.2 Å². The highest BCUT2D eigenvalue weighted by Crippen LogP contribution is 2.20. The van der Waals surface area contributed by atoms with E-state index in [0.29, 0.717) is 17.8 Å². The zero-order valence-electron chi connectivity index (χ0n) is 10.4. The van der Waals surface area contributed by atoms with Crippen molar-refractivity contribution in [1.82, 2.24) is 5.32 Å². The molecule has 0 saturated heterocycles. The summed E-state index contributed by atoms with van der Waals surface area (Å²) in [7, 11) is 0. The average molecular weight is 315 g/mol. The highest BCUT2D eigenvalue weighted by Gasteiger charge is 2.07. The van der Waals surface area contributed by atoms with Gasteiger partial charge in [-0.25, -0.2) is 0 Å². The number of aliphatic hydroxyl groups is 1. The second kappa shape index (κ2) is 7.38. The molecule has 0 bridgehead atoms. The van der Waals surface area contributed by atoms with Crippen molar-refractivity contribution in [1.29, 1.82) is 0 Å². The Morgan fingerprint density at radius 2 is 2.28 bits per heavy atom. The maximum atomic E-state index is 11.8. The van der Waals surface area contributed by atoms with Crippen LogP contribution in [-0.4, -0.2) is 24.2 Å². The molecule has 0 spiro atoms. The summed E-state index contributed by atoms with van der Waals surface area (Å²) in [5.74, 6) is 0.180. The summed E-state index contributed by atoms with van der Waals surface area (Å²) in [5.41, 5.74) is 6.86. The fraction of sp³-hybridized carbons (Fsp3) is 0.462. The number of hydrogen-bond acceptors (Lipinski definition) is 3. The van der Waals surface area contributed by atoms with Crippen LogP contribution in [-0.2, 0) is 0 Å². The smallest absolute Gasteiger partial charge is 0.251 e. The van der Waals surface area contributed by atoms with Crippen molar-refractivity contribution in [2.45, 2.75) is 19.8 Å². The maximum absolute atomic E-state index is 11.8. The van der Waals surface area contributed by atoms with Crippen LogP contribution in [0.25, 0.3) is 0 Å². The number of rotatable bonds is 6. The van der Waals surface area contributed by atoms with E-state index in [0.717, 1.165) is 17.3 Å². The second-order valence-electron chi connectivity index (χ2n) is 4.42. The number of anilines is 1. The number of benzene rings is 1. The minimum absolute atomic E-state index is 0.104. The van der Waals surface area contributed by atoms with E-state index in [1.165, 1.54) is 0 Å². The van der Waals surface area contributed by atoms with Crippen LogP contribution in [0.2, 0.25) is 0 Å². The summed E-state index contributed by atoms with van der Waals surface area (Å²) in [6.45, 7) is 2.79. The molecule has 1 rings (SSSR count). The molecule has 18 heavy (non-hydrogen) atoms. The normalized spacial score (nSPS) is 12.2. The molecular weight excluding hydrogens is 296 g/mol. The molecule has 1 amide bonds. The minimum Gasteiger partial charge on any atom is -0.398 e. The predicted octanol–water partition coefficient (Wildman–Crippen LogP) is 2.17. The summed E-state index contributed by atoms with van der Waals surface area (Å²) in [4.78, 5) is 11.8. The standard InChI is InChI=1S/C13H19BrN2O2/c1-9(8-17)3-2-6-16-13(18)10-4-5-12(15)11(14)7-10/h4-5,7,9,17H,2-3,6,8,15H2,1H3,(H,16,18). The summed E-state index contributed by atoms with van der Waals surface area (Å²) < 4.78 is 0.726. The Balaban J connectivity index is 2.39. The van der Waals surface area contributed by atoms with Crippen LogP contribution in [0.1, 0.15) is 30.1 Å². The molecular formula is C13H19BrN2O2. The topological polar surface area (TPSA) is 75.3 Å². The van der Waals surface area contributed by atoms with Gasteiger partial charge >= 0.3 is 0 Å². The summed E-state index contributed by atoms with van der Waals surface area (Å²) in [6, 6.07) is 5.11. The minimum atomic E-state index is -0.104. The first-order valence-corrected chi connectivity index (χ1v) is 6.78. The maximum Gasteiger partial charge on any atom is 0.251 e. The van der Waals surface area contributed by atoms with Crippen molar-refractivity contribution in [3.05, 3.63) is 28.2 Å². The summed E-state index contributed by atoms with van der Waals surface area (Å²) in [5, 5.41) is 11.7. The Hall–Kier alpha value is -1.07. The third-order valence-corrected chi connectivity index (χ3v) is 3.42. The largest absolute Gasteiger partial charge is 0.398 e. The number of aliphatic hydroxyl groups excluding tert-OH is 1. The van der Waals surface area contributed by atoms with Crippen LogP contribution in [0.3, 0.4) is 0 Å². The molecule has 5 heteroatoms. The van der Waals surface area contributed by atoms with Gasteiger partial charge in [0.15, 0.2) is 0 Å². The highest BCUT2D eigenvalue weighted by atomic mass is 79.9. The van der Waals surface area contributed by atoms with Gasteiger partial charge in [0, 0.05) is 28.9 Å². The first kappa shape index (κ1) is 15.0. The lowest BCUT2D eigenvalue weighted by atomic mass is 10.1. The number of nitrogens with two attached hydrogens (primary N) is 1. The quantitative estimate of drug-likeness (QED) is 0.556. The van der Waals surface area contributed by atoms with Crippen molar-refractivity contribution in [2.24, 2.45) is 5.92 Å². The lowest BCUT2D eigenvalue weighted by molar-refractivity contribution is 0.0952. The van der Waals surface area contributed by atoms with Crippen molar-refractivity contribution in [2.75, 3.05) is 18.9 Å².